The highest BCUT2D eigenvalue weighted by atomic mass is 19.1. The van der Waals surface area contributed by atoms with Crippen LogP contribution in [0, 0.1) is 11.3 Å². The monoisotopic (exact) mass is 558 g/mol. The molecule has 4 rings (SSSR count). The second-order valence-corrected chi connectivity index (χ2v) is 11.0. The number of fused-ring (bicyclic) bond motifs is 1. The van der Waals surface area contributed by atoms with Crippen LogP contribution in [0.4, 0.5) is 10.2 Å². The van der Waals surface area contributed by atoms with Gasteiger partial charge in [0.05, 0.1) is 34.6 Å². The minimum Gasteiger partial charge on any atom is -0.489 e. The van der Waals surface area contributed by atoms with Crippen molar-refractivity contribution in [2.75, 3.05) is 24.6 Å². The highest BCUT2D eigenvalue weighted by Gasteiger charge is 2.33. The first-order chi connectivity index (χ1) is 19.5. The van der Waals surface area contributed by atoms with Gasteiger partial charge in [0.15, 0.2) is 0 Å². The van der Waals surface area contributed by atoms with E-state index in [9.17, 15) is 19.6 Å². The van der Waals surface area contributed by atoms with Crippen LogP contribution in [0.1, 0.15) is 46.1 Å². The van der Waals surface area contributed by atoms with Gasteiger partial charge in [-0.2, -0.15) is 10.4 Å². The molecule has 0 atom stereocenters. The van der Waals surface area contributed by atoms with Crippen molar-refractivity contribution in [1.29, 1.82) is 5.26 Å². The third-order valence-corrected chi connectivity index (χ3v) is 7.02. The SMILES string of the molecule is C=C/C=C(F)\C(=C/C)C(=O)NC1(C)CCN(c2ccc(-c3cc(OCC(C)(C)O)cn4ncc(C#N)c34)cn2)CC1. The smallest absolute Gasteiger partial charge is 0.254 e. The van der Waals surface area contributed by atoms with Crippen molar-refractivity contribution in [3.05, 3.63) is 78.6 Å². The molecular weight excluding hydrogens is 523 g/mol. The Morgan fingerprint density at radius 2 is 2.07 bits per heavy atom. The molecule has 214 valence electrons. The Kier molecular flexibility index (Phi) is 8.59. The molecule has 0 saturated carbocycles. The molecule has 1 saturated heterocycles. The van der Waals surface area contributed by atoms with Gasteiger partial charge in [0.2, 0.25) is 0 Å². The first-order valence-corrected chi connectivity index (χ1v) is 13.4. The number of allylic oxidation sites excluding steroid dienone is 3. The molecule has 0 aromatic carbocycles. The predicted molar refractivity (Wildman–Crippen MR) is 156 cm³/mol. The number of ether oxygens (including phenoxy) is 1. The number of nitrogens with zero attached hydrogens (tertiary/aromatic N) is 5. The van der Waals surface area contributed by atoms with Gasteiger partial charge in [-0.3, -0.25) is 4.79 Å². The van der Waals surface area contributed by atoms with Crippen LogP contribution in [0.3, 0.4) is 0 Å². The number of rotatable bonds is 9. The van der Waals surface area contributed by atoms with E-state index in [1.165, 1.54) is 24.4 Å². The Morgan fingerprint density at radius 1 is 1.34 bits per heavy atom. The van der Waals surface area contributed by atoms with Gasteiger partial charge < -0.3 is 20.1 Å². The quantitative estimate of drug-likeness (QED) is 0.284. The number of amides is 1. The zero-order valence-corrected chi connectivity index (χ0v) is 23.8. The average Bonchev–Trinajstić information content (AvgIpc) is 3.35. The number of aromatic nitrogens is 3. The Hall–Kier alpha value is -4.49. The molecule has 1 amide bonds. The molecular formula is C31H35FN6O3. The van der Waals surface area contributed by atoms with Gasteiger partial charge in [-0.05, 0) is 64.8 Å². The van der Waals surface area contributed by atoms with E-state index in [1.54, 1.807) is 37.7 Å². The highest BCUT2D eigenvalue weighted by molar-refractivity contribution is 5.97. The summed E-state index contributed by atoms with van der Waals surface area (Å²) in [6.07, 6.45) is 10.2. The van der Waals surface area contributed by atoms with Crippen molar-refractivity contribution in [2.45, 2.75) is 51.7 Å². The van der Waals surface area contributed by atoms with Crippen LogP contribution in [0.2, 0.25) is 0 Å². The molecule has 0 aliphatic carbocycles. The molecule has 1 aliphatic rings. The van der Waals surface area contributed by atoms with E-state index in [0.717, 1.165) is 16.9 Å². The zero-order valence-electron chi connectivity index (χ0n) is 23.8. The first kappa shape index (κ1) is 29.5. The molecule has 9 nitrogen and oxygen atoms in total. The van der Waals surface area contributed by atoms with E-state index in [4.69, 9.17) is 9.72 Å². The molecule has 1 fully saturated rings. The largest absolute Gasteiger partial charge is 0.489 e. The summed E-state index contributed by atoms with van der Waals surface area (Å²) in [6, 6.07) is 7.87. The van der Waals surface area contributed by atoms with Crippen LogP contribution in [0.25, 0.3) is 16.6 Å². The lowest BCUT2D eigenvalue weighted by molar-refractivity contribution is -0.119. The second-order valence-electron chi connectivity index (χ2n) is 11.0. The van der Waals surface area contributed by atoms with Crippen LogP contribution < -0.4 is 15.0 Å². The number of nitriles is 1. The summed E-state index contributed by atoms with van der Waals surface area (Å²) < 4.78 is 21.7. The number of aliphatic hydroxyl groups is 1. The zero-order chi connectivity index (χ0) is 29.8. The average molecular weight is 559 g/mol. The summed E-state index contributed by atoms with van der Waals surface area (Å²) in [5.41, 5.74) is 1.08. The molecule has 4 heterocycles. The maximum atomic E-state index is 14.3. The van der Waals surface area contributed by atoms with E-state index < -0.39 is 22.9 Å². The standard InChI is InChI=1S/C31H35FN6O3/c1-6-8-26(32)24(7-2)29(39)36-31(5)11-13-37(14-12-31)27-10-9-21(17-34-27)25-15-23(41-20-30(3,4)40)19-38-28(25)22(16-33)18-35-38/h6-10,15,17-19,40H,1,11-14,20H2,2-5H3,(H,36,39)/b24-7+,26-8+. The molecule has 1 aliphatic heterocycles. The fourth-order valence-electron chi connectivity index (χ4n) is 4.74. The predicted octanol–water partition coefficient (Wildman–Crippen LogP) is 4.88. The van der Waals surface area contributed by atoms with Gasteiger partial charge in [0.25, 0.3) is 5.91 Å². The minimum atomic E-state index is -1.01. The van der Waals surface area contributed by atoms with Crippen LogP contribution in [0.5, 0.6) is 5.75 Å². The Bertz CT molecular complexity index is 1530. The fourth-order valence-corrected chi connectivity index (χ4v) is 4.74. The summed E-state index contributed by atoms with van der Waals surface area (Å²) in [5.74, 6) is 0.230. The van der Waals surface area contributed by atoms with Gasteiger partial charge in [-0.1, -0.05) is 18.7 Å². The number of piperidine rings is 1. The van der Waals surface area contributed by atoms with E-state index in [0.29, 0.717) is 42.8 Å². The van der Waals surface area contributed by atoms with Crippen molar-refractivity contribution < 1.29 is 19.0 Å². The maximum absolute atomic E-state index is 14.3. The van der Waals surface area contributed by atoms with Crippen molar-refractivity contribution in [3.8, 4) is 22.9 Å². The number of nitrogens with one attached hydrogen (secondary N) is 1. The van der Waals surface area contributed by atoms with Crippen molar-refractivity contribution >= 4 is 17.2 Å². The van der Waals surface area contributed by atoms with E-state index in [2.05, 4.69) is 28.0 Å². The Balaban J connectivity index is 1.50. The molecule has 10 heteroatoms. The van der Waals surface area contributed by atoms with Gasteiger partial charge in [-0.25, -0.2) is 13.9 Å². The number of hydrogen-bond acceptors (Lipinski definition) is 7. The number of carbonyl (C=O) groups excluding carboxylic acids is 1. The molecule has 0 unspecified atom stereocenters. The van der Waals surface area contributed by atoms with Gasteiger partial charge in [-0.15, -0.1) is 0 Å². The molecule has 2 N–H and O–H groups in total. The van der Waals surface area contributed by atoms with Crippen LogP contribution in [-0.4, -0.2) is 56.4 Å². The van der Waals surface area contributed by atoms with Gasteiger partial charge >= 0.3 is 0 Å². The van der Waals surface area contributed by atoms with Crippen LogP contribution in [-0.2, 0) is 4.79 Å². The topological polar surface area (TPSA) is 116 Å². The van der Waals surface area contributed by atoms with Gasteiger partial charge in [0.1, 0.15) is 30.1 Å². The Labute approximate surface area is 239 Å². The molecule has 0 bridgehead atoms. The van der Waals surface area contributed by atoms with Crippen molar-refractivity contribution in [2.24, 2.45) is 0 Å². The van der Waals surface area contributed by atoms with E-state index in [1.807, 2.05) is 25.1 Å². The number of anilines is 1. The second kappa shape index (κ2) is 11.9. The minimum absolute atomic E-state index is 0.00722. The number of halogens is 1. The lowest BCUT2D eigenvalue weighted by Crippen LogP contribution is -2.53. The van der Waals surface area contributed by atoms with E-state index in [-0.39, 0.29) is 12.2 Å². The fraction of sp³-hybridized carbons (Fsp3) is 0.355. The summed E-state index contributed by atoms with van der Waals surface area (Å²) in [7, 11) is 0. The lowest BCUT2D eigenvalue weighted by atomic mass is 9.89. The van der Waals surface area contributed by atoms with Crippen molar-refractivity contribution in [3.63, 3.8) is 0 Å². The summed E-state index contributed by atoms with van der Waals surface area (Å²) in [4.78, 5) is 19.6. The van der Waals surface area contributed by atoms with Crippen molar-refractivity contribution in [1.82, 2.24) is 19.9 Å². The van der Waals surface area contributed by atoms with Gasteiger partial charge in [0, 0.05) is 36.0 Å². The summed E-state index contributed by atoms with van der Waals surface area (Å²) in [5, 5.41) is 27.0. The molecule has 41 heavy (non-hydrogen) atoms. The third kappa shape index (κ3) is 6.81. The molecule has 0 radical (unpaired) electrons. The molecule has 3 aromatic rings. The lowest BCUT2D eigenvalue weighted by Gasteiger charge is -2.40. The third-order valence-electron chi connectivity index (χ3n) is 7.02. The number of pyridine rings is 2. The summed E-state index contributed by atoms with van der Waals surface area (Å²) >= 11 is 0. The maximum Gasteiger partial charge on any atom is 0.254 e. The van der Waals surface area contributed by atoms with Crippen LogP contribution >= 0.6 is 0 Å². The summed E-state index contributed by atoms with van der Waals surface area (Å²) in [6.45, 7) is 11.8. The highest BCUT2D eigenvalue weighted by Crippen LogP contribution is 2.32. The normalized spacial score (nSPS) is 15.9. The molecule has 0 spiro atoms. The number of carbonyl (C=O) groups is 1. The van der Waals surface area contributed by atoms with E-state index >= 15 is 0 Å². The first-order valence-electron chi connectivity index (χ1n) is 13.4. The van der Waals surface area contributed by atoms with Crippen LogP contribution in [0.15, 0.2) is 73.0 Å². The molecule has 3 aromatic heterocycles. The Morgan fingerprint density at radius 3 is 2.66 bits per heavy atom. The number of hydrogen-bond donors (Lipinski definition) is 2.